The molecule has 0 radical (unpaired) electrons. The van der Waals surface area contributed by atoms with Crippen LogP contribution in [0.25, 0.3) is 0 Å². The highest BCUT2D eigenvalue weighted by molar-refractivity contribution is 6.29. The Balaban J connectivity index is 1.96. The Morgan fingerprint density at radius 3 is 2.87 bits per heavy atom. The van der Waals surface area contributed by atoms with Gasteiger partial charge in [0.15, 0.2) is 0 Å². The maximum absolute atomic E-state index is 11.6. The SMILES string of the molecule is O=C(NC1CC(O)C1)c1cccc(Cl)n1. The van der Waals surface area contributed by atoms with Gasteiger partial charge in [0.1, 0.15) is 10.8 Å². The lowest BCUT2D eigenvalue weighted by Crippen LogP contribution is -2.46. The van der Waals surface area contributed by atoms with Crippen LogP contribution in [0.4, 0.5) is 0 Å². The van der Waals surface area contributed by atoms with E-state index in [9.17, 15) is 4.79 Å². The highest BCUT2D eigenvalue weighted by Crippen LogP contribution is 2.19. The van der Waals surface area contributed by atoms with Crippen molar-refractivity contribution < 1.29 is 9.90 Å². The first-order chi connectivity index (χ1) is 7.15. The molecule has 1 aliphatic rings. The lowest BCUT2D eigenvalue weighted by molar-refractivity contribution is 0.0560. The van der Waals surface area contributed by atoms with Gasteiger partial charge >= 0.3 is 0 Å². The van der Waals surface area contributed by atoms with E-state index < -0.39 is 0 Å². The molecule has 80 valence electrons. The van der Waals surface area contributed by atoms with E-state index in [0.29, 0.717) is 23.7 Å². The number of aliphatic hydroxyl groups excluding tert-OH is 1. The largest absolute Gasteiger partial charge is 0.393 e. The summed E-state index contributed by atoms with van der Waals surface area (Å²) in [7, 11) is 0. The van der Waals surface area contributed by atoms with Crippen molar-refractivity contribution in [2.24, 2.45) is 0 Å². The minimum absolute atomic E-state index is 0.0632. The number of carbonyl (C=O) groups is 1. The van der Waals surface area contributed by atoms with Crippen LogP contribution in [0.2, 0.25) is 5.15 Å². The van der Waals surface area contributed by atoms with Crippen LogP contribution >= 0.6 is 11.6 Å². The summed E-state index contributed by atoms with van der Waals surface area (Å²) in [5.41, 5.74) is 0.309. The van der Waals surface area contributed by atoms with Crippen molar-refractivity contribution in [1.29, 1.82) is 0 Å². The van der Waals surface area contributed by atoms with Gasteiger partial charge in [-0.25, -0.2) is 4.98 Å². The molecule has 1 aliphatic carbocycles. The lowest BCUT2D eigenvalue weighted by Gasteiger charge is -2.31. The predicted molar refractivity (Wildman–Crippen MR) is 55.7 cm³/mol. The highest BCUT2D eigenvalue weighted by Gasteiger charge is 2.28. The summed E-state index contributed by atoms with van der Waals surface area (Å²) in [6, 6.07) is 4.97. The second-order valence-electron chi connectivity index (χ2n) is 3.64. The average Bonchev–Trinajstić information content (AvgIpc) is 2.15. The zero-order valence-electron chi connectivity index (χ0n) is 7.98. The van der Waals surface area contributed by atoms with Gasteiger partial charge in [0.05, 0.1) is 6.10 Å². The molecule has 0 atom stereocenters. The number of halogens is 1. The van der Waals surface area contributed by atoms with Crippen molar-refractivity contribution in [2.45, 2.75) is 25.0 Å². The van der Waals surface area contributed by atoms with Gasteiger partial charge in [-0.2, -0.15) is 0 Å². The predicted octanol–water partition coefficient (Wildman–Crippen LogP) is 0.988. The molecule has 0 aromatic carbocycles. The number of nitrogens with zero attached hydrogens (tertiary/aromatic N) is 1. The molecule has 0 aliphatic heterocycles. The summed E-state index contributed by atoms with van der Waals surface area (Å²) >= 11 is 5.67. The molecule has 1 heterocycles. The van der Waals surface area contributed by atoms with Crippen LogP contribution in [0.3, 0.4) is 0 Å². The van der Waals surface area contributed by atoms with E-state index in [1.165, 1.54) is 0 Å². The minimum atomic E-state index is -0.275. The zero-order chi connectivity index (χ0) is 10.8. The lowest BCUT2D eigenvalue weighted by atomic mass is 9.89. The molecule has 5 heteroatoms. The molecular weight excluding hydrogens is 216 g/mol. The molecule has 0 saturated heterocycles. The second kappa shape index (κ2) is 4.16. The second-order valence-corrected chi connectivity index (χ2v) is 4.03. The third-order valence-electron chi connectivity index (χ3n) is 2.40. The fourth-order valence-corrected chi connectivity index (χ4v) is 1.66. The van der Waals surface area contributed by atoms with Gasteiger partial charge in [0, 0.05) is 6.04 Å². The highest BCUT2D eigenvalue weighted by atomic mass is 35.5. The van der Waals surface area contributed by atoms with Crippen LogP contribution in [-0.4, -0.2) is 28.1 Å². The molecule has 1 aromatic rings. The minimum Gasteiger partial charge on any atom is -0.393 e. The van der Waals surface area contributed by atoms with E-state index >= 15 is 0 Å². The van der Waals surface area contributed by atoms with E-state index in [0.717, 1.165) is 0 Å². The molecule has 1 aromatic heterocycles. The number of carbonyl (C=O) groups excluding carboxylic acids is 1. The van der Waals surface area contributed by atoms with E-state index in [1.807, 2.05) is 0 Å². The van der Waals surface area contributed by atoms with Gasteiger partial charge in [-0.1, -0.05) is 17.7 Å². The average molecular weight is 227 g/mol. The number of aromatic nitrogens is 1. The van der Waals surface area contributed by atoms with Gasteiger partial charge in [-0.15, -0.1) is 0 Å². The van der Waals surface area contributed by atoms with Crippen LogP contribution < -0.4 is 5.32 Å². The molecule has 0 unspecified atom stereocenters. The normalized spacial score (nSPS) is 24.4. The number of rotatable bonds is 2. The Hall–Kier alpha value is -1.13. The molecule has 1 amide bonds. The van der Waals surface area contributed by atoms with Gasteiger partial charge in [0.2, 0.25) is 0 Å². The summed E-state index contributed by atoms with van der Waals surface area (Å²) in [5, 5.41) is 12.1. The zero-order valence-corrected chi connectivity index (χ0v) is 8.74. The van der Waals surface area contributed by atoms with Crippen molar-refractivity contribution in [3.05, 3.63) is 29.0 Å². The molecule has 2 N–H and O–H groups in total. The Morgan fingerprint density at radius 2 is 2.27 bits per heavy atom. The van der Waals surface area contributed by atoms with Crippen molar-refractivity contribution in [3.8, 4) is 0 Å². The number of nitrogens with one attached hydrogen (secondary N) is 1. The summed E-state index contributed by atoms with van der Waals surface area (Å²) in [4.78, 5) is 15.5. The fraction of sp³-hybridized carbons (Fsp3) is 0.400. The van der Waals surface area contributed by atoms with Crippen LogP contribution in [0.1, 0.15) is 23.3 Å². The van der Waals surface area contributed by atoms with Crippen LogP contribution in [0.5, 0.6) is 0 Å². The van der Waals surface area contributed by atoms with Crippen LogP contribution in [0.15, 0.2) is 18.2 Å². The summed E-state index contributed by atoms with van der Waals surface area (Å²) < 4.78 is 0. The Morgan fingerprint density at radius 1 is 1.53 bits per heavy atom. The van der Waals surface area contributed by atoms with Crippen molar-refractivity contribution in [2.75, 3.05) is 0 Å². The quantitative estimate of drug-likeness (QED) is 0.740. The maximum Gasteiger partial charge on any atom is 0.270 e. The molecule has 15 heavy (non-hydrogen) atoms. The Kier molecular flexibility index (Phi) is 2.88. The number of hydrogen-bond donors (Lipinski definition) is 2. The topological polar surface area (TPSA) is 62.2 Å². The molecular formula is C10H11ClN2O2. The van der Waals surface area contributed by atoms with Gasteiger partial charge < -0.3 is 10.4 Å². The van der Waals surface area contributed by atoms with Crippen molar-refractivity contribution in [3.63, 3.8) is 0 Å². The van der Waals surface area contributed by atoms with Gasteiger partial charge in [-0.05, 0) is 25.0 Å². The molecule has 2 rings (SSSR count). The third-order valence-corrected chi connectivity index (χ3v) is 2.61. The monoisotopic (exact) mass is 226 g/mol. The summed E-state index contributed by atoms with van der Waals surface area (Å²) in [5.74, 6) is -0.241. The first-order valence-corrected chi connectivity index (χ1v) is 5.14. The van der Waals surface area contributed by atoms with E-state index in [-0.39, 0.29) is 18.1 Å². The summed E-state index contributed by atoms with van der Waals surface area (Å²) in [6.45, 7) is 0. The van der Waals surface area contributed by atoms with Crippen LogP contribution in [0, 0.1) is 0 Å². The number of hydrogen-bond acceptors (Lipinski definition) is 3. The van der Waals surface area contributed by atoms with Gasteiger partial charge in [-0.3, -0.25) is 4.79 Å². The molecule has 1 fully saturated rings. The smallest absolute Gasteiger partial charge is 0.270 e. The molecule has 1 saturated carbocycles. The number of amides is 1. The fourth-order valence-electron chi connectivity index (χ4n) is 1.50. The number of aliphatic hydroxyl groups is 1. The first-order valence-electron chi connectivity index (χ1n) is 4.76. The first kappa shape index (κ1) is 10.4. The number of pyridine rings is 1. The molecule has 0 spiro atoms. The van der Waals surface area contributed by atoms with Gasteiger partial charge in [0.25, 0.3) is 5.91 Å². The standard InChI is InChI=1S/C10H11ClN2O2/c11-9-3-1-2-8(13-9)10(15)12-6-4-7(14)5-6/h1-3,6-7,14H,4-5H2,(H,12,15). The molecule has 4 nitrogen and oxygen atoms in total. The Labute approximate surface area is 92.3 Å². The van der Waals surface area contributed by atoms with Crippen LogP contribution in [-0.2, 0) is 0 Å². The molecule has 0 bridgehead atoms. The third kappa shape index (κ3) is 2.46. The van der Waals surface area contributed by atoms with E-state index in [2.05, 4.69) is 10.3 Å². The van der Waals surface area contributed by atoms with E-state index in [4.69, 9.17) is 16.7 Å². The Bertz CT molecular complexity index is 377. The maximum atomic E-state index is 11.6. The van der Waals surface area contributed by atoms with Crippen molar-refractivity contribution >= 4 is 17.5 Å². The summed E-state index contributed by atoms with van der Waals surface area (Å²) in [6.07, 6.45) is 0.959. The van der Waals surface area contributed by atoms with Crippen molar-refractivity contribution in [1.82, 2.24) is 10.3 Å². The van der Waals surface area contributed by atoms with E-state index in [1.54, 1.807) is 18.2 Å².